The number of hydrogen-bond acceptors (Lipinski definition) is 4. The standard InChI is InChI=1S/C18H26N4O3/c1-14(23)19-16-7-5-15(6-8-16)18(25)22-10-4-9-21(11-12-22)13-17(24)20(2)3/h5-8H,4,9-13H2,1-3H3,(H,19,23). The molecule has 1 aliphatic rings. The van der Waals surface area contributed by atoms with E-state index < -0.39 is 0 Å². The molecule has 1 aliphatic heterocycles. The average molecular weight is 346 g/mol. The van der Waals surface area contributed by atoms with Crippen molar-refractivity contribution in [3.63, 3.8) is 0 Å². The van der Waals surface area contributed by atoms with Crippen LogP contribution in [-0.2, 0) is 9.59 Å². The molecule has 0 aromatic heterocycles. The smallest absolute Gasteiger partial charge is 0.253 e. The molecule has 1 aromatic carbocycles. The summed E-state index contributed by atoms with van der Waals surface area (Å²) in [6.45, 7) is 4.62. The Bertz CT molecular complexity index is 628. The van der Waals surface area contributed by atoms with Crippen molar-refractivity contribution >= 4 is 23.4 Å². The molecule has 1 heterocycles. The minimum atomic E-state index is -0.140. The first-order chi connectivity index (χ1) is 11.9. The molecule has 7 heteroatoms. The Labute approximate surface area is 148 Å². The summed E-state index contributed by atoms with van der Waals surface area (Å²) in [5.74, 6) is -0.0811. The molecule has 1 fully saturated rings. The fourth-order valence-electron chi connectivity index (χ4n) is 2.75. The first-order valence-electron chi connectivity index (χ1n) is 8.46. The largest absolute Gasteiger partial charge is 0.348 e. The molecule has 1 N–H and O–H groups in total. The maximum absolute atomic E-state index is 12.7. The monoisotopic (exact) mass is 346 g/mol. The summed E-state index contributed by atoms with van der Waals surface area (Å²) >= 11 is 0. The Hall–Kier alpha value is -2.41. The van der Waals surface area contributed by atoms with Gasteiger partial charge in [0, 0.05) is 58.4 Å². The van der Waals surface area contributed by atoms with Gasteiger partial charge < -0.3 is 15.1 Å². The fourth-order valence-corrected chi connectivity index (χ4v) is 2.75. The van der Waals surface area contributed by atoms with Crippen molar-refractivity contribution < 1.29 is 14.4 Å². The van der Waals surface area contributed by atoms with E-state index in [2.05, 4.69) is 10.2 Å². The number of hydrogen-bond donors (Lipinski definition) is 1. The predicted molar refractivity (Wildman–Crippen MR) is 96.4 cm³/mol. The van der Waals surface area contributed by atoms with Gasteiger partial charge >= 0.3 is 0 Å². The van der Waals surface area contributed by atoms with Gasteiger partial charge in [-0.2, -0.15) is 0 Å². The van der Waals surface area contributed by atoms with Crippen LogP contribution in [0.1, 0.15) is 23.7 Å². The van der Waals surface area contributed by atoms with Gasteiger partial charge in [0.2, 0.25) is 11.8 Å². The van der Waals surface area contributed by atoms with Gasteiger partial charge in [-0.3, -0.25) is 19.3 Å². The van der Waals surface area contributed by atoms with Crippen LogP contribution in [-0.4, -0.2) is 79.2 Å². The molecular formula is C18H26N4O3. The fraction of sp³-hybridized carbons (Fsp3) is 0.500. The van der Waals surface area contributed by atoms with Crippen LogP contribution in [0.3, 0.4) is 0 Å². The van der Waals surface area contributed by atoms with E-state index in [-0.39, 0.29) is 17.7 Å². The number of rotatable bonds is 4. The SMILES string of the molecule is CC(=O)Nc1ccc(C(=O)N2CCCN(CC(=O)N(C)C)CC2)cc1. The number of anilines is 1. The lowest BCUT2D eigenvalue weighted by Gasteiger charge is -2.23. The van der Waals surface area contributed by atoms with Crippen LogP contribution in [0.5, 0.6) is 0 Å². The summed E-state index contributed by atoms with van der Waals surface area (Å²) in [6.07, 6.45) is 0.844. The maximum atomic E-state index is 12.7. The summed E-state index contributed by atoms with van der Waals surface area (Å²) in [5, 5.41) is 2.69. The number of nitrogens with one attached hydrogen (secondary N) is 1. The average Bonchev–Trinajstić information content (AvgIpc) is 2.80. The van der Waals surface area contributed by atoms with E-state index in [9.17, 15) is 14.4 Å². The van der Waals surface area contributed by atoms with E-state index in [0.717, 1.165) is 13.0 Å². The minimum absolute atomic E-state index is 0.0184. The first kappa shape index (κ1) is 18.9. The normalized spacial score (nSPS) is 15.4. The first-order valence-corrected chi connectivity index (χ1v) is 8.46. The van der Waals surface area contributed by atoms with E-state index in [4.69, 9.17) is 0 Å². The summed E-state index contributed by atoms with van der Waals surface area (Å²) in [4.78, 5) is 41.1. The van der Waals surface area contributed by atoms with Crippen LogP contribution in [0, 0.1) is 0 Å². The quantitative estimate of drug-likeness (QED) is 0.878. The Kier molecular flexibility index (Phi) is 6.52. The molecule has 136 valence electrons. The Morgan fingerprint density at radius 3 is 2.32 bits per heavy atom. The second kappa shape index (κ2) is 8.62. The van der Waals surface area contributed by atoms with E-state index in [1.807, 2.05) is 4.90 Å². The molecule has 0 unspecified atom stereocenters. The highest BCUT2D eigenvalue weighted by Gasteiger charge is 2.21. The third-order valence-electron chi connectivity index (χ3n) is 4.19. The van der Waals surface area contributed by atoms with Crippen molar-refractivity contribution in [3.8, 4) is 0 Å². The second-order valence-electron chi connectivity index (χ2n) is 6.47. The van der Waals surface area contributed by atoms with Gasteiger partial charge in [-0.25, -0.2) is 0 Å². The van der Waals surface area contributed by atoms with Crippen molar-refractivity contribution in [1.29, 1.82) is 0 Å². The van der Waals surface area contributed by atoms with Crippen molar-refractivity contribution in [2.45, 2.75) is 13.3 Å². The molecule has 0 bridgehead atoms. The third kappa shape index (κ3) is 5.56. The molecule has 0 spiro atoms. The maximum Gasteiger partial charge on any atom is 0.253 e. The summed E-state index contributed by atoms with van der Waals surface area (Å²) < 4.78 is 0. The molecule has 1 aromatic rings. The van der Waals surface area contributed by atoms with Crippen molar-refractivity contribution in [2.75, 3.05) is 52.1 Å². The van der Waals surface area contributed by atoms with Gasteiger partial charge in [0.15, 0.2) is 0 Å². The zero-order chi connectivity index (χ0) is 18.4. The number of likely N-dealkylation sites (N-methyl/N-ethyl adjacent to an activating group) is 1. The molecule has 0 atom stereocenters. The zero-order valence-corrected chi connectivity index (χ0v) is 15.1. The van der Waals surface area contributed by atoms with Crippen molar-refractivity contribution in [2.24, 2.45) is 0 Å². The van der Waals surface area contributed by atoms with E-state index >= 15 is 0 Å². The predicted octanol–water partition coefficient (Wildman–Crippen LogP) is 0.881. The van der Waals surface area contributed by atoms with Gasteiger partial charge in [-0.05, 0) is 30.7 Å². The number of nitrogens with zero attached hydrogens (tertiary/aromatic N) is 3. The topological polar surface area (TPSA) is 73.0 Å². The highest BCUT2D eigenvalue weighted by atomic mass is 16.2. The van der Waals surface area contributed by atoms with E-state index in [1.165, 1.54) is 6.92 Å². The number of benzene rings is 1. The van der Waals surface area contributed by atoms with Gasteiger partial charge in [0.25, 0.3) is 5.91 Å². The number of carbonyl (C=O) groups excluding carboxylic acids is 3. The van der Waals surface area contributed by atoms with Crippen LogP contribution >= 0.6 is 0 Å². The molecule has 0 saturated carbocycles. The minimum Gasteiger partial charge on any atom is -0.348 e. The second-order valence-corrected chi connectivity index (χ2v) is 6.47. The zero-order valence-electron chi connectivity index (χ0n) is 15.1. The lowest BCUT2D eigenvalue weighted by atomic mass is 10.1. The van der Waals surface area contributed by atoms with Gasteiger partial charge in [0.1, 0.15) is 0 Å². The van der Waals surface area contributed by atoms with Crippen LogP contribution in [0.25, 0.3) is 0 Å². The lowest BCUT2D eigenvalue weighted by molar-refractivity contribution is -0.129. The lowest BCUT2D eigenvalue weighted by Crippen LogP contribution is -2.39. The molecule has 1 saturated heterocycles. The van der Waals surface area contributed by atoms with E-state index in [0.29, 0.717) is 37.4 Å². The van der Waals surface area contributed by atoms with Gasteiger partial charge in [-0.15, -0.1) is 0 Å². The molecule has 2 rings (SSSR count). The van der Waals surface area contributed by atoms with Crippen molar-refractivity contribution in [1.82, 2.24) is 14.7 Å². The Balaban J connectivity index is 1.94. The van der Waals surface area contributed by atoms with E-state index in [1.54, 1.807) is 43.3 Å². The van der Waals surface area contributed by atoms with Gasteiger partial charge in [-0.1, -0.05) is 0 Å². The van der Waals surface area contributed by atoms with Gasteiger partial charge in [0.05, 0.1) is 6.54 Å². The third-order valence-corrected chi connectivity index (χ3v) is 4.19. The Morgan fingerprint density at radius 2 is 1.72 bits per heavy atom. The van der Waals surface area contributed by atoms with Crippen LogP contribution in [0.15, 0.2) is 24.3 Å². The molecule has 25 heavy (non-hydrogen) atoms. The van der Waals surface area contributed by atoms with Crippen LogP contribution in [0.4, 0.5) is 5.69 Å². The van der Waals surface area contributed by atoms with Crippen LogP contribution < -0.4 is 5.32 Å². The summed E-state index contributed by atoms with van der Waals surface area (Å²) in [7, 11) is 3.50. The molecule has 7 nitrogen and oxygen atoms in total. The molecule has 3 amide bonds. The molecule has 0 aliphatic carbocycles. The number of amides is 3. The highest BCUT2D eigenvalue weighted by Crippen LogP contribution is 2.13. The molecule has 0 radical (unpaired) electrons. The molecular weight excluding hydrogens is 320 g/mol. The highest BCUT2D eigenvalue weighted by molar-refractivity contribution is 5.95. The summed E-state index contributed by atoms with van der Waals surface area (Å²) in [6, 6.07) is 6.92. The number of carbonyl (C=O) groups is 3. The summed E-state index contributed by atoms with van der Waals surface area (Å²) in [5.41, 5.74) is 1.28. The van der Waals surface area contributed by atoms with Crippen molar-refractivity contribution in [3.05, 3.63) is 29.8 Å². The Morgan fingerprint density at radius 1 is 1.04 bits per heavy atom. The van der Waals surface area contributed by atoms with Crippen LogP contribution in [0.2, 0.25) is 0 Å².